The summed E-state index contributed by atoms with van der Waals surface area (Å²) in [6.45, 7) is 0. The lowest BCUT2D eigenvalue weighted by Crippen LogP contribution is -2.00. The Hall–Kier alpha value is -0.360. The smallest absolute Gasteiger partial charge is 0.338 e. The van der Waals surface area contributed by atoms with E-state index >= 15 is 0 Å². The van der Waals surface area contributed by atoms with Crippen molar-refractivity contribution in [2.24, 2.45) is 0 Å². The van der Waals surface area contributed by atoms with Gasteiger partial charge in [-0.2, -0.15) is 0 Å². The number of hydrogen-bond acceptors (Lipinski definition) is 2. The first-order valence-corrected chi connectivity index (χ1v) is 4.11. The molecule has 3 nitrogen and oxygen atoms in total. The van der Waals surface area contributed by atoms with Gasteiger partial charge in [0.25, 0.3) is 0 Å². The molecule has 0 saturated heterocycles. The molecule has 1 heterocycles. The molecule has 0 aliphatic rings. The summed E-state index contributed by atoms with van der Waals surface area (Å²) in [6, 6.07) is 1.37. The maximum Gasteiger partial charge on any atom is 0.338 e. The van der Waals surface area contributed by atoms with Gasteiger partial charge >= 0.3 is 5.97 Å². The predicted octanol–water partition coefficient (Wildman–Crippen LogP) is 2.04. The molecule has 0 fully saturated rings. The van der Waals surface area contributed by atoms with Crippen LogP contribution in [0.25, 0.3) is 0 Å². The van der Waals surface area contributed by atoms with E-state index in [1.54, 1.807) is 0 Å². The lowest BCUT2D eigenvalue weighted by molar-refractivity contribution is 0.0695. The summed E-state index contributed by atoms with van der Waals surface area (Å²) in [5.74, 6) is -1.01. The number of aromatic nitrogens is 1. The molecule has 58 valence electrons. The van der Waals surface area contributed by atoms with Gasteiger partial charge in [-0.25, -0.2) is 9.78 Å². The zero-order valence-electron chi connectivity index (χ0n) is 5.21. The average molecular weight is 283 g/mol. The van der Waals surface area contributed by atoms with E-state index in [1.165, 1.54) is 12.3 Å². The van der Waals surface area contributed by atoms with E-state index in [2.05, 4.69) is 4.98 Å². The van der Waals surface area contributed by atoms with Crippen LogP contribution in [-0.2, 0) is 0 Å². The number of carbonyl (C=O) groups is 1. The lowest BCUT2D eigenvalue weighted by atomic mass is 10.3. The van der Waals surface area contributed by atoms with E-state index in [-0.39, 0.29) is 5.56 Å². The fraction of sp³-hybridized carbons (Fsp3) is 0. The summed E-state index contributed by atoms with van der Waals surface area (Å²) in [6.07, 6.45) is 1.41. The molecule has 0 unspecified atom stereocenters. The molecule has 0 aliphatic heterocycles. The quantitative estimate of drug-likeness (QED) is 0.634. The van der Waals surface area contributed by atoms with Gasteiger partial charge in [0.1, 0.15) is 3.70 Å². The number of rotatable bonds is 1. The second kappa shape index (κ2) is 3.36. The highest BCUT2D eigenvalue weighted by atomic mass is 127. The van der Waals surface area contributed by atoms with E-state index in [0.29, 0.717) is 8.72 Å². The van der Waals surface area contributed by atoms with Crippen molar-refractivity contribution in [3.63, 3.8) is 0 Å². The minimum Gasteiger partial charge on any atom is -0.478 e. The van der Waals surface area contributed by atoms with Crippen molar-refractivity contribution in [1.29, 1.82) is 0 Å². The molecule has 11 heavy (non-hydrogen) atoms. The Kier molecular flexibility index (Phi) is 2.67. The van der Waals surface area contributed by atoms with E-state index in [4.69, 9.17) is 16.7 Å². The summed E-state index contributed by atoms with van der Waals surface area (Å²) in [5, 5.41) is 8.92. The normalized spacial score (nSPS) is 9.64. The maximum absolute atomic E-state index is 10.5. The van der Waals surface area contributed by atoms with Crippen LogP contribution in [0.15, 0.2) is 12.3 Å². The van der Waals surface area contributed by atoms with Crippen molar-refractivity contribution in [2.45, 2.75) is 0 Å². The largest absolute Gasteiger partial charge is 0.478 e. The van der Waals surface area contributed by atoms with Crippen LogP contribution in [0.2, 0.25) is 5.02 Å². The van der Waals surface area contributed by atoms with Gasteiger partial charge in [-0.3, -0.25) is 0 Å². The molecule has 0 aromatic carbocycles. The lowest BCUT2D eigenvalue weighted by Gasteiger charge is -1.96. The van der Waals surface area contributed by atoms with Gasteiger partial charge < -0.3 is 5.11 Å². The maximum atomic E-state index is 10.5. The van der Waals surface area contributed by atoms with Gasteiger partial charge in [0.15, 0.2) is 0 Å². The molecular weight excluding hydrogens is 280 g/mol. The van der Waals surface area contributed by atoms with E-state index < -0.39 is 5.97 Å². The third-order valence-electron chi connectivity index (χ3n) is 1.04. The predicted molar refractivity (Wildman–Crippen MR) is 48.9 cm³/mol. The second-order valence-electron chi connectivity index (χ2n) is 1.80. The molecule has 1 rings (SSSR count). The Bertz CT molecular complexity index is 303. The van der Waals surface area contributed by atoms with Gasteiger partial charge in [0.2, 0.25) is 0 Å². The third kappa shape index (κ3) is 2.03. The number of carboxylic acid groups (broad SMARTS) is 1. The van der Waals surface area contributed by atoms with Crippen LogP contribution in [-0.4, -0.2) is 16.1 Å². The Morgan fingerprint density at radius 3 is 2.82 bits per heavy atom. The van der Waals surface area contributed by atoms with Crippen LogP contribution < -0.4 is 0 Å². The van der Waals surface area contributed by atoms with Crippen LogP contribution in [0.1, 0.15) is 10.4 Å². The molecule has 0 saturated carbocycles. The molecule has 5 heteroatoms. The summed E-state index contributed by atoms with van der Waals surface area (Å²) in [4.78, 5) is 14.2. The summed E-state index contributed by atoms with van der Waals surface area (Å²) >= 11 is 7.37. The summed E-state index contributed by atoms with van der Waals surface area (Å²) in [7, 11) is 0. The van der Waals surface area contributed by atoms with Crippen molar-refractivity contribution in [3.05, 3.63) is 26.5 Å². The molecule has 0 amide bonds. The van der Waals surface area contributed by atoms with Crippen molar-refractivity contribution in [2.75, 3.05) is 0 Å². The summed E-state index contributed by atoms with van der Waals surface area (Å²) < 4.78 is 0.444. The summed E-state index contributed by atoms with van der Waals surface area (Å²) in [5.41, 5.74) is 0.137. The molecule has 1 aromatic rings. The minimum atomic E-state index is -1.01. The first-order valence-electron chi connectivity index (χ1n) is 2.65. The topological polar surface area (TPSA) is 50.2 Å². The van der Waals surface area contributed by atoms with Crippen LogP contribution in [0, 0.1) is 3.70 Å². The Labute approximate surface area is 81.5 Å². The molecule has 0 atom stereocenters. The molecule has 0 bridgehead atoms. The third-order valence-corrected chi connectivity index (χ3v) is 2.10. The van der Waals surface area contributed by atoms with Gasteiger partial charge in [-0.05, 0) is 28.7 Å². The Morgan fingerprint density at radius 1 is 1.73 bits per heavy atom. The molecule has 0 spiro atoms. The van der Waals surface area contributed by atoms with E-state index in [9.17, 15) is 4.79 Å². The van der Waals surface area contributed by atoms with Crippen LogP contribution in [0.5, 0.6) is 0 Å². The van der Waals surface area contributed by atoms with Gasteiger partial charge in [-0.15, -0.1) is 0 Å². The number of hydrogen-bond donors (Lipinski definition) is 1. The highest BCUT2D eigenvalue weighted by Crippen LogP contribution is 2.14. The number of pyridine rings is 1. The fourth-order valence-electron chi connectivity index (χ4n) is 0.573. The first-order chi connectivity index (χ1) is 5.11. The van der Waals surface area contributed by atoms with Gasteiger partial charge in [-0.1, -0.05) is 11.6 Å². The highest BCUT2D eigenvalue weighted by Gasteiger charge is 2.08. The van der Waals surface area contributed by atoms with Crippen molar-refractivity contribution >= 4 is 40.2 Å². The first kappa shape index (κ1) is 8.73. The number of nitrogens with zero attached hydrogens (tertiary/aromatic N) is 1. The van der Waals surface area contributed by atoms with Crippen molar-refractivity contribution in [3.8, 4) is 0 Å². The second-order valence-corrected chi connectivity index (χ2v) is 3.26. The monoisotopic (exact) mass is 283 g/mol. The zero-order valence-corrected chi connectivity index (χ0v) is 8.13. The highest BCUT2D eigenvalue weighted by molar-refractivity contribution is 14.1. The number of halogens is 2. The molecule has 1 aromatic heterocycles. The Morgan fingerprint density at radius 2 is 2.36 bits per heavy atom. The Balaban J connectivity index is 3.23. The van der Waals surface area contributed by atoms with Gasteiger partial charge in [0, 0.05) is 6.20 Å². The molecular formula is C6H3ClINO2. The van der Waals surface area contributed by atoms with E-state index in [1.807, 2.05) is 22.6 Å². The standard InChI is InChI=1S/C6H3ClINO2/c7-3-1-4(6(10)11)5(8)9-2-3/h1-2H,(H,10,11). The van der Waals surface area contributed by atoms with Gasteiger partial charge in [0.05, 0.1) is 10.6 Å². The van der Waals surface area contributed by atoms with Crippen molar-refractivity contribution in [1.82, 2.24) is 4.98 Å². The number of aromatic carboxylic acids is 1. The minimum absolute atomic E-state index is 0.137. The molecule has 1 N–H and O–H groups in total. The zero-order chi connectivity index (χ0) is 8.43. The van der Waals surface area contributed by atoms with Crippen molar-refractivity contribution < 1.29 is 9.90 Å². The fourth-order valence-corrected chi connectivity index (χ4v) is 1.26. The molecule has 0 aliphatic carbocycles. The van der Waals surface area contributed by atoms with Crippen LogP contribution in [0.3, 0.4) is 0 Å². The molecule has 0 radical (unpaired) electrons. The number of carboxylic acids is 1. The van der Waals surface area contributed by atoms with Crippen LogP contribution >= 0.6 is 34.2 Å². The van der Waals surface area contributed by atoms with E-state index in [0.717, 1.165) is 0 Å². The van der Waals surface area contributed by atoms with Crippen LogP contribution in [0.4, 0.5) is 0 Å². The average Bonchev–Trinajstić information content (AvgIpc) is 1.94. The SMILES string of the molecule is O=C(O)c1cc(Cl)cnc1I.